The standard InChI is InChI=1S/C21H24BrNO3S/c1-16-10-12-19(13-11-16)27(24,25)23-14-17-6-3-5-9-21(17)26-15-18-7-2-4-8-20(18)22/h3,5-6,9-13,23H,2,4,7-8,14-15H2,1H3. The fraction of sp³-hybridized carbons (Fsp3) is 0.333. The Morgan fingerprint density at radius 1 is 1.04 bits per heavy atom. The smallest absolute Gasteiger partial charge is 0.240 e. The number of rotatable bonds is 7. The van der Waals surface area contributed by atoms with Crippen LogP contribution >= 0.6 is 15.9 Å². The van der Waals surface area contributed by atoms with E-state index in [1.165, 1.54) is 22.9 Å². The fourth-order valence-corrected chi connectivity index (χ4v) is 4.61. The van der Waals surface area contributed by atoms with Crippen LogP contribution in [-0.2, 0) is 16.6 Å². The van der Waals surface area contributed by atoms with Crippen molar-refractivity contribution in [2.75, 3.05) is 6.61 Å². The van der Waals surface area contributed by atoms with Crippen LogP contribution < -0.4 is 9.46 Å². The summed E-state index contributed by atoms with van der Waals surface area (Å²) < 4.78 is 34.9. The molecular formula is C21H24BrNO3S. The second-order valence-corrected chi connectivity index (χ2v) is 9.47. The number of nitrogens with one attached hydrogen (secondary N) is 1. The van der Waals surface area contributed by atoms with Gasteiger partial charge < -0.3 is 4.74 Å². The van der Waals surface area contributed by atoms with E-state index in [-0.39, 0.29) is 11.4 Å². The Hall–Kier alpha value is -1.63. The zero-order valence-corrected chi connectivity index (χ0v) is 17.8. The molecule has 0 amide bonds. The minimum atomic E-state index is -3.56. The van der Waals surface area contributed by atoms with Crippen LogP contribution in [0.5, 0.6) is 5.75 Å². The molecule has 1 N–H and O–H groups in total. The normalized spacial score (nSPS) is 15.0. The van der Waals surface area contributed by atoms with Crippen LogP contribution in [0.2, 0.25) is 0 Å². The van der Waals surface area contributed by atoms with Gasteiger partial charge in [0.1, 0.15) is 12.4 Å². The average Bonchev–Trinajstić information content (AvgIpc) is 2.67. The number of sulfonamides is 1. The Morgan fingerprint density at radius 3 is 2.48 bits per heavy atom. The summed E-state index contributed by atoms with van der Waals surface area (Å²) in [5.74, 6) is 0.711. The highest BCUT2D eigenvalue weighted by molar-refractivity contribution is 9.11. The lowest BCUT2D eigenvalue weighted by Gasteiger charge is -2.18. The van der Waals surface area contributed by atoms with Crippen molar-refractivity contribution in [1.82, 2.24) is 4.72 Å². The maximum atomic E-state index is 12.5. The van der Waals surface area contributed by atoms with Crippen LogP contribution in [0.1, 0.15) is 36.8 Å². The first-order valence-electron chi connectivity index (χ1n) is 9.09. The predicted octanol–water partition coefficient (Wildman–Crippen LogP) is 5.08. The third-order valence-corrected chi connectivity index (χ3v) is 7.04. The minimum absolute atomic E-state index is 0.187. The number of para-hydroxylation sites is 1. The van der Waals surface area contributed by atoms with E-state index < -0.39 is 10.0 Å². The topological polar surface area (TPSA) is 55.4 Å². The third kappa shape index (κ3) is 5.43. The molecule has 0 aromatic heterocycles. The molecule has 6 heteroatoms. The molecule has 4 nitrogen and oxygen atoms in total. The molecule has 1 aliphatic carbocycles. The molecule has 0 aliphatic heterocycles. The molecule has 0 bridgehead atoms. The van der Waals surface area contributed by atoms with Gasteiger partial charge in [0.05, 0.1) is 4.90 Å². The Bertz CT molecular complexity index is 921. The van der Waals surface area contributed by atoms with E-state index in [9.17, 15) is 8.42 Å². The number of hydrogen-bond donors (Lipinski definition) is 1. The van der Waals surface area contributed by atoms with Gasteiger partial charge in [0.15, 0.2) is 0 Å². The van der Waals surface area contributed by atoms with E-state index >= 15 is 0 Å². The van der Waals surface area contributed by atoms with Crippen molar-refractivity contribution in [1.29, 1.82) is 0 Å². The van der Waals surface area contributed by atoms with Gasteiger partial charge in [0.25, 0.3) is 0 Å². The van der Waals surface area contributed by atoms with Gasteiger partial charge in [-0.1, -0.05) is 51.8 Å². The summed E-state index contributed by atoms with van der Waals surface area (Å²) in [6.45, 7) is 2.65. The highest BCUT2D eigenvalue weighted by Gasteiger charge is 2.16. The van der Waals surface area contributed by atoms with E-state index in [4.69, 9.17) is 4.74 Å². The van der Waals surface area contributed by atoms with Crippen molar-refractivity contribution in [3.63, 3.8) is 0 Å². The van der Waals surface area contributed by atoms with Gasteiger partial charge in [0, 0.05) is 12.1 Å². The van der Waals surface area contributed by atoms with Crippen LogP contribution in [0.3, 0.4) is 0 Å². The largest absolute Gasteiger partial charge is 0.489 e. The third-order valence-electron chi connectivity index (χ3n) is 4.67. The average molecular weight is 450 g/mol. The first-order chi connectivity index (χ1) is 13.0. The molecule has 0 saturated carbocycles. The molecule has 27 heavy (non-hydrogen) atoms. The highest BCUT2D eigenvalue weighted by atomic mass is 79.9. The lowest BCUT2D eigenvalue weighted by atomic mass is 10.0. The molecule has 0 saturated heterocycles. The van der Waals surface area contributed by atoms with Gasteiger partial charge in [-0.3, -0.25) is 0 Å². The van der Waals surface area contributed by atoms with Crippen LogP contribution in [0.15, 0.2) is 63.5 Å². The van der Waals surface area contributed by atoms with Gasteiger partial charge in [-0.2, -0.15) is 0 Å². The van der Waals surface area contributed by atoms with Crippen molar-refractivity contribution in [2.24, 2.45) is 0 Å². The summed E-state index contributed by atoms with van der Waals surface area (Å²) in [6.07, 6.45) is 4.51. The number of hydrogen-bond acceptors (Lipinski definition) is 3. The van der Waals surface area contributed by atoms with Crippen molar-refractivity contribution >= 4 is 26.0 Å². The molecule has 3 rings (SSSR count). The number of aryl methyl sites for hydroxylation is 1. The molecule has 0 spiro atoms. The Kier molecular flexibility index (Phi) is 6.73. The van der Waals surface area contributed by atoms with Crippen LogP contribution in [0.25, 0.3) is 0 Å². The lowest BCUT2D eigenvalue weighted by molar-refractivity contribution is 0.339. The SMILES string of the molecule is Cc1ccc(S(=O)(=O)NCc2ccccc2OCC2=C(Br)CCCC2)cc1. The molecule has 144 valence electrons. The first-order valence-corrected chi connectivity index (χ1v) is 11.4. The molecular weight excluding hydrogens is 426 g/mol. The number of halogens is 1. The quantitative estimate of drug-likeness (QED) is 0.641. The van der Waals surface area contributed by atoms with E-state index in [0.29, 0.717) is 12.4 Å². The van der Waals surface area contributed by atoms with Gasteiger partial charge >= 0.3 is 0 Å². The zero-order chi connectivity index (χ0) is 19.3. The molecule has 2 aromatic rings. The summed E-state index contributed by atoms with van der Waals surface area (Å²) in [5.41, 5.74) is 3.13. The van der Waals surface area contributed by atoms with Crippen LogP contribution in [-0.4, -0.2) is 15.0 Å². The Balaban J connectivity index is 1.68. The predicted molar refractivity (Wildman–Crippen MR) is 112 cm³/mol. The summed E-state index contributed by atoms with van der Waals surface area (Å²) in [5, 5.41) is 0. The lowest BCUT2D eigenvalue weighted by Crippen LogP contribution is -2.23. The van der Waals surface area contributed by atoms with Crippen molar-refractivity contribution in [3.8, 4) is 5.75 Å². The first kappa shape index (κ1) is 20.1. The maximum absolute atomic E-state index is 12.5. The number of ether oxygens (including phenoxy) is 1. The van der Waals surface area contributed by atoms with E-state index in [2.05, 4.69) is 20.7 Å². The van der Waals surface area contributed by atoms with Crippen molar-refractivity contribution < 1.29 is 13.2 Å². The van der Waals surface area contributed by atoms with E-state index in [1.54, 1.807) is 24.3 Å². The molecule has 1 aliphatic rings. The number of allylic oxidation sites excluding steroid dienone is 1. The van der Waals surface area contributed by atoms with E-state index in [1.807, 2.05) is 31.2 Å². The van der Waals surface area contributed by atoms with Crippen LogP contribution in [0.4, 0.5) is 0 Å². The molecule has 0 radical (unpaired) electrons. The Labute approximate surface area is 169 Å². The summed E-state index contributed by atoms with van der Waals surface area (Å²) in [6, 6.07) is 14.4. The molecule has 0 unspecified atom stereocenters. The summed E-state index contributed by atoms with van der Waals surface area (Å²) >= 11 is 3.64. The Morgan fingerprint density at radius 2 is 1.74 bits per heavy atom. The van der Waals surface area contributed by atoms with E-state index in [0.717, 1.165) is 24.0 Å². The van der Waals surface area contributed by atoms with Crippen molar-refractivity contribution in [3.05, 3.63) is 69.7 Å². The molecule has 0 fully saturated rings. The highest BCUT2D eigenvalue weighted by Crippen LogP contribution is 2.30. The second kappa shape index (κ2) is 9.04. The van der Waals surface area contributed by atoms with Gasteiger partial charge in [-0.15, -0.1) is 0 Å². The minimum Gasteiger partial charge on any atom is -0.489 e. The zero-order valence-electron chi connectivity index (χ0n) is 15.4. The van der Waals surface area contributed by atoms with Gasteiger partial charge in [-0.25, -0.2) is 13.1 Å². The van der Waals surface area contributed by atoms with Crippen LogP contribution in [0, 0.1) is 6.92 Å². The molecule has 0 atom stereocenters. The maximum Gasteiger partial charge on any atom is 0.240 e. The fourth-order valence-electron chi connectivity index (χ4n) is 3.01. The number of benzene rings is 2. The van der Waals surface area contributed by atoms with Crippen molar-refractivity contribution in [2.45, 2.75) is 44.0 Å². The molecule has 2 aromatic carbocycles. The molecule has 0 heterocycles. The van der Waals surface area contributed by atoms with Gasteiger partial charge in [-0.05, 0) is 60.9 Å². The summed E-state index contributed by atoms with van der Waals surface area (Å²) in [7, 11) is -3.56. The summed E-state index contributed by atoms with van der Waals surface area (Å²) in [4.78, 5) is 0.266. The van der Waals surface area contributed by atoms with Gasteiger partial charge in [0.2, 0.25) is 10.0 Å². The second-order valence-electron chi connectivity index (χ2n) is 6.75. The monoisotopic (exact) mass is 449 g/mol.